The van der Waals surface area contributed by atoms with Crippen LogP contribution in [0.15, 0.2) is 42.6 Å². The zero-order valence-electron chi connectivity index (χ0n) is 7.57. The normalized spacial score (nSPS) is 11.1. The van der Waals surface area contributed by atoms with E-state index in [2.05, 4.69) is 23.2 Å². The van der Waals surface area contributed by atoms with Crippen LogP contribution in [0, 0.1) is 0 Å². The molecule has 0 spiro atoms. The minimum atomic E-state index is 0.953. The summed E-state index contributed by atoms with van der Waals surface area (Å²) in [5.41, 5.74) is 2.07. The zero-order valence-corrected chi connectivity index (χ0v) is 7.57. The van der Waals surface area contributed by atoms with Crippen LogP contribution in [0.3, 0.4) is 0 Å². The summed E-state index contributed by atoms with van der Waals surface area (Å²) in [5.74, 6) is 5.81. The molecule has 0 bridgehead atoms. The van der Waals surface area contributed by atoms with Gasteiger partial charge >= 0.3 is 5.65 Å². The molecule has 14 heavy (non-hydrogen) atoms. The van der Waals surface area contributed by atoms with Gasteiger partial charge in [-0.25, -0.2) is 4.98 Å². The first-order valence-electron chi connectivity index (χ1n) is 4.52. The van der Waals surface area contributed by atoms with Gasteiger partial charge in [-0.2, -0.15) is 0 Å². The number of pyridine rings is 1. The second-order valence-corrected chi connectivity index (χ2v) is 3.35. The van der Waals surface area contributed by atoms with E-state index >= 15 is 0 Å². The number of hydrogen-bond donors (Lipinski definition) is 2. The van der Waals surface area contributed by atoms with E-state index in [1.807, 2.05) is 24.4 Å². The molecular formula is C11H10N3+. The highest BCUT2D eigenvalue weighted by Gasteiger charge is 2.11. The molecule has 3 nitrogen and oxygen atoms in total. The SMILES string of the molecule is N[n+]1cccc2c3ccccc3[nH]c21. The number of hydrogen-bond acceptors (Lipinski definition) is 1. The van der Waals surface area contributed by atoms with Gasteiger partial charge in [0.2, 0.25) is 0 Å². The molecule has 0 atom stereocenters. The molecule has 68 valence electrons. The van der Waals surface area contributed by atoms with E-state index < -0.39 is 0 Å². The van der Waals surface area contributed by atoms with Crippen LogP contribution < -0.4 is 10.5 Å². The predicted molar refractivity (Wildman–Crippen MR) is 56.2 cm³/mol. The quantitative estimate of drug-likeness (QED) is 0.401. The molecule has 3 N–H and O–H groups in total. The van der Waals surface area contributed by atoms with E-state index in [0.717, 1.165) is 16.6 Å². The summed E-state index contributed by atoms with van der Waals surface area (Å²) in [4.78, 5) is 3.28. The van der Waals surface area contributed by atoms with Gasteiger partial charge in [-0.15, -0.1) is 4.68 Å². The first-order chi connectivity index (χ1) is 6.86. The Morgan fingerprint density at radius 1 is 1.00 bits per heavy atom. The van der Waals surface area contributed by atoms with Gasteiger partial charge in [-0.3, -0.25) is 5.84 Å². The molecule has 0 aliphatic heterocycles. The number of rotatable bonds is 0. The number of para-hydroxylation sites is 1. The lowest BCUT2D eigenvalue weighted by atomic mass is 10.2. The lowest BCUT2D eigenvalue weighted by Gasteiger charge is -1.89. The standard InChI is InChI=1S/C11H9N3/c12-14-7-3-5-9-8-4-1-2-6-10(8)13-11(9)14/h1-7H,12H2/p+1. The summed E-state index contributed by atoms with van der Waals surface area (Å²) in [7, 11) is 0. The van der Waals surface area contributed by atoms with Crippen molar-refractivity contribution in [3.8, 4) is 0 Å². The Balaban J connectivity index is 2.63. The van der Waals surface area contributed by atoms with Crippen molar-refractivity contribution in [2.45, 2.75) is 0 Å². The summed E-state index contributed by atoms with van der Waals surface area (Å²) in [6.45, 7) is 0. The molecule has 1 aromatic carbocycles. The fraction of sp³-hybridized carbons (Fsp3) is 0. The molecule has 0 radical (unpaired) electrons. The lowest BCUT2D eigenvalue weighted by Crippen LogP contribution is -2.44. The van der Waals surface area contributed by atoms with Crippen molar-refractivity contribution < 1.29 is 4.68 Å². The molecule has 2 aromatic heterocycles. The first-order valence-corrected chi connectivity index (χ1v) is 4.52. The lowest BCUT2D eigenvalue weighted by molar-refractivity contribution is -0.613. The van der Waals surface area contributed by atoms with Gasteiger partial charge in [0.05, 0.1) is 5.39 Å². The fourth-order valence-electron chi connectivity index (χ4n) is 1.83. The molecule has 0 unspecified atom stereocenters. The largest absolute Gasteiger partial charge is 0.310 e. The molecular weight excluding hydrogens is 174 g/mol. The summed E-state index contributed by atoms with van der Waals surface area (Å²) < 4.78 is 1.61. The van der Waals surface area contributed by atoms with Gasteiger partial charge in [0.1, 0.15) is 11.7 Å². The van der Waals surface area contributed by atoms with E-state index in [4.69, 9.17) is 5.84 Å². The minimum absolute atomic E-state index is 0.953. The summed E-state index contributed by atoms with van der Waals surface area (Å²) in [6, 6.07) is 12.2. The van der Waals surface area contributed by atoms with Crippen LogP contribution in [0.5, 0.6) is 0 Å². The second kappa shape index (κ2) is 2.48. The Bertz CT molecular complexity index is 610. The number of fused-ring (bicyclic) bond motifs is 3. The molecule has 3 heteroatoms. The van der Waals surface area contributed by atoms with Crippen LogP contribution >= 0.6 is 0 Å². The number of nitrogens with one attached hydrogen (secondary N) is 1. The first kappa shape index (κ1) is 7.38. The maximum Gasteiger partial charge on any atom is 0.310 e. The van der Waals surface area contributed by atoms with Crippen LogP contribution in [0.4, 0.5) is 0 Å². The Labute approximate surface area is 80.7 Å². The maximum absolute atomic E-state index is 5.81. The number of H-pyrrole nitrogens is 1. The highest BCUT2D eigenvalue weighted by molar-refractivity contribution is 6.04. The van der Waals surface area contributed by atoms with Crippen LogP contribution in [0.25, 0.3) is 21.9 Å². The monoisotopic (exact) mass is 184 g/mol. The molecule has 3 aromatic rings. The number of nitrogen functional groups attached to an aromatic ring is 1. The van der Waals surface area contributed by atoms with Gasteiger partial charge in [0.25, 0.3) is 0 Å². The topological polar surface area (TPSA) is 45.7 Å². The van der Waals surface area contributed by atoms with E-state index in [9.17, 15) is 0 Å². The predicted octanol–water partition coefficient (Wildman–Crippen LogP) is 1.32. The van der Waals surface area contributed by atoms with Crippen molar-refractivity contribution in [2.75, 3.05) is 5.84 Å². The smallest absolute Gasteiger partial charge is 0.269 e. The third kappa shape index (κ3) is 0.836. The van der Waals surface area contributed by atoms with Crippen LogP contribution in [0.2, 0.25) is 0 Å². The molecule has 0 fully saturated rings. The average molecular weight is 184 g/mol. The van der Waals surface area contributed by atoms with Crippen molar-refractivity contribution in [1.29, 1.82) is 0 Å². The molecule has 0 saturated carbocycles. The Morgan fingerprint density at radius 2 is 1.79 bits per heavy atom. The fourth-order valence-corrected chi connectivity index (χ4v) is 1.83. The van der Waals surface area contributed by atoms with E-state index in [1.165, 1.54) is 5.39 Å². The molecule has 0 aliphatic carbocycles. The van der Waals surface area contributed by atoms with E-state index in [0.29, 0.717) is 0 Å². The number of aromatic nitrogens is 2. The third-order valence-electron chi connectivity index (χ3n) is 2.49. The van der Waals surface area contributed by atoms with E-state index in [1.54, 1.807) is 4.68 Å². The Morgan fingerprint density at radius 3 is 2.71 bits per heavy atom. The van der Waals surface area contributed by atoms with Crippen molar-refractivity contribution >= 4 is 21.9 Å². The van der Waals surface area contributed by atoms with Gasteiger partial charge in [-0.1, -0.05) is 12.1 Å². The summed E-state index contributed by atoms with van der Waals surface area (Å²) in [5, 5.41) is 2.37. The van der Waals surface area contributed by atoms with Gasteiger partial charge < -0.3 is 0 Å². The molecule has 0 aliphatic rings. The highest BCUT2D eigenvalue weighted by atomic mass is 15.3. The second-order valence-electron chi connectivity index (χ2n) is 3.35. The Kier molecular flexibility index (Phi) is 1.31. The van der Waals surface area contributed by atoms with Crippen molar-refractivity contribution in [1.82, 2.24) is 4.98 Å². The van der Waals surface area contributed by atoms with Gasteiger partial charge in [-0.05, 0) is 24.3 Å². The number of nitrogens with zero attached hydrogens (tertiary/aromatic N) is 1. The molecule has 0 amide bonds. The van der Waals surface area contributed by atoms with Crippen LogP contribution in [-0.2, 0) is 0 Å². The number of nitrogens with two attached hydrogens (primary N) is 1. The highest BCUT2D eigenvalue weighted by Crippen LogP contribution is 2.21. The minimum Gasteiger partial charge on any atom is -0.269 e. The van der Waals surface area contributed by atoms with E-state index in [-0.39, 0.29) is 0 Å². The van der Waals surface area contributed by atoms with Gasteiger partial charge in [0, 0.05) is 5.39 Å². The number of aromatic amines is 1. The molecule has 2 heterocycles. The summed E-state index contributed by atoms with van der Waals surface area (Å²) in [6.07, 6.45) is 1.83. The summed E-state index contributed by atoms with van der Waals surface area (Å²) >= 11 is 0. The maximum atomic E-state index is 5.81. The molecule has 0 saturated heterocycles. The van der Waals surface area contributed by atoms with Crippen molar-refractivity contribution in [3.63, 3.8) is 0 Å². The van der Waals surface area contributed by atoms with Crippen LogP contribution in [0.1, 0.15) is 0 Å². The Hall–Kier alpha value is -2.03. The molecule has 3 rings (SSSR count). The van der Waals surface area contributed by atoms with Crippen LogP contribution in [-0.4, -0.2) is 4.98 Å². The zero-order chi connectivity index (χ0) is 9.54. The number of benzene rings is 1. The average Bonchev–Trinajstić information content (AvgIpc) is 2.59. The third-order valence-corrected chi connectivity index (χ3v) is 2.49. The van der Waals surface area contributed by atoms with Gasteiger partial charge in [0.15, 0.2) is 0 Å². The van der Waals surface area contributed by atoms with Crippen molar-refractivity contribution in [3.05, 3.63) is 42.6 Å². The van der Waals surface area contributed by atoms with Crippen molar-refractivity contribution in [2.24, 2.45) is 0 Å².